The van der Waals surface area contributed by atoms with Gasteiger partial charge < -0.3 is 5.32 Å². The lowest BCUT2D eigenvalue weighted by atomic mass is 10.2. The van der Waals surface area contributed by atoms with Crippen LogP contribution >= 0.6 is 23.4 Å². The number of hydrogen-bond acceptors (Lipinski definition) is 6. The van der Waals surface area contributed by atoms with E-state index >= 15 is 0 Å². The van der Waals surface area contributed by atoms with Crippen molar-refractivity contribution >= 4 is 50.5 Å². The van der Waals surface area contributed by atoms with E-state index in [0.29, 0.717) is 16.5 Å². The summed E-state index contributed by atoms with van der Waals surface area (Å²) >= 11 is 7.23. The fraction of sp³-hybridized carbons (Fsp3) is 0.182. The van der Waals surface area contributed by atoms with Gasteiger partial charge in [-0.1, -0.05) is 29.4 Å². The van der Waals surface area contributed by atoms with Gasteiger partial charge in [0.25, 0.3) is 0 Å². The van der Waals surface area contributed by atoms with E-state index in [1.54, 1.807) is 6.07 Å². The molecular formula is C11H10ClN3O3S2. The predicted octanol–water partition coefficient (Wildman–Crippen LogP) is 1.30. The molecule has 0 spiro atoms. The van der Waals surface area contributed by atoms with Crippen molar-refractivity contribution in [2.24, 2.45) is 10.2 Å². The zero-order valence-corrected chi connectivity index (χ0v) is 12.7. The van der Waals surface area contributed by atoms with Gasteiger partial charge in [-0.3, -0.25) is 4.79 Å². The van der Waals surface area contributed by atoms with Crippen molar-refractivity contribution in [1.82, 2.24) is 5.32 Å². The van der Waals surface area contributed by atoms with Gasteiger partial charge in [0.15, 0.2) is 15.0 Å². The van der Waals surface area contributed by atoms with Crippen molar-refractivity contribution in [3.8, 4) is 0 Å². The molecule has 0 atom stereocenters. The summed E-state index contributed by atoms with van der Waals surface area (Å²) in [5, 5.41) is 10.8. The largest absolute Gasteiger partial charge is 0.303 e. The molecule has 1 aliphatic rings. The van der Waals surface area contributed by atoms with Crippen molar-refractivity contribution < 1.29 is 13.2 Å². The number of halogens is 1. The minimum absolute atomic E-state index is 0.112. The molecule has 0 bridgehead atoms. The predicted molar refractivity (Wildman–Crippen MR) is 80.2 cm³/mol. The molecule has 20 heavy (non-hydrogen) atoms. The number of nitrogens with zero attached hydrogens (tertiary/aromatic N) is 2. The van der Waals surface area contributed by atoms with Gasteiger partial charge in [0.05, 0.1) is 21.9 Å². The van der Waals surface area contributed by atoms with E-state index in [0.717, 1.165) is 6.26 Å². The van der Waals surface area contributed by atoms with E-state index in [-0.39, 0.29) is 15.8 Å². The zero-order valence-electron chi connectivity index (χ0n) is 10.3. The first kappa shape index (κ1) is 15.0. The van der Waals surface area contributed by atoms with E-state index in [9.17, 15) is 13.2 Å². The number of rotatable bonds is 3. The lowest BCUT2D eigenvalue weighted by Gasteiger charge is -2.01. The zero-order chi connectivity index (χ0) is 14.8. The minimum Gasteiger partial charge on any atom is -0.303 e. The average molecular weight is 332 g/mol. The summed E-state index contributed by atoms with van der Waals surface area (Å²) in [6.45, 7) is 0. The molecule has 9 heteroatoms. The van der Waals surface area contributed by atoms with Crippen LogP contribution in [0, 0.1) is 0 Å². The highest BCUT2D eigenvalue weighted by Crippen LogP contribution is 2.19. The lowest BCUT2D eigenvalue weighted by molar-refractivity contribution is -0.116. The summed E-state index contributed by atoms with van der Waals surface area (Å²) in [6.07, 6.45) is 2.50. The monoisotopic (exact) mass is 331 g/mol. The Kier molecular flexibility index (Phi) is 4.46. The quantitative estimate of drug-likeness (QED) is 0.668. The Labute approximate surface area is 125 Å². The summed E-state index contributed by atoms with van der Waals surface area (Å²) in [6, 6.07) is 4.35. The van der Waals surface area contributed by atoms with Crippen LogP contribution in [0.1, 0.15) is 5.56 Å². The van der Waals surface area contributed by atoms with Gasteiger partial charge in [0.1, 0.15) is 0 Å². The standard InChI is InChI=1S/C11H10ClN3O3S2/c1-20(17,18)8-3-2-7(9(12)4-8)5-13-15-11-14-10(16)6-19-11/h2-5H,6H2,1H3,(H,14,15,16). The van der Waals surface area contributed by atoms with E-state index in [4.69, 9.17) is 11.6 Å². The molecule has 0 radical (unpaired) electrons. The highest BCUT2D eigenvalue weighted by Gasteiger charge is 2.16. The molecule has 1 aliphatic heterocycles. The SMILES string of the molecule is CS(=O)(=O)c1ccc(C=NN=C2NC(=O)CS2)c(Cl)c1. The maximum atomic E-state index is 11.4. The van der Waals surface area contributed by atoms with Gasteiger partial charge in [0.2, 0.25) is 5.91 Å². The van der Waals surface area contributed by atoms with Crippen molar-refractivity contribution in [1.29, 1.82) is 0 Å². The molecule has 6 nitrogen and oxygen atoms in total. The number of sulfone groups is 1. The summed E-state index contributed by atoms with van der Waals surface area (Å²) in [5.74, 6) is 0.220. The summed E-state index contributed by atoms with van der Waals surface area (Å²) < 4.78 is 22.7. The average Bonchev–Trinajstić information content (AvgIpc) is 2.76. The Bertz CT molecular complexity index is 714. The number of amides is 1. The second-order valence-corrected chi connectivity index (χ2v) is 7.33. The molecule has 0 aliphatic carbocycles. The van der Waals surface area contributed by atoms with E-state index in [1.165, 1.54) is 30.1 Å². The third kappa shape index (κ3) is 3.81. The minimum atomic E-state index is -3.29. The molecule has 1 aromatic rings. The maximum Gasteiger partial charge on any atom is 0.236 e. The topological polar surface area (TPSA) is 88.0 Å². The van der Waals surface area contributed by atoms with Crippen LogP contribution in [0.25, 0.3) is 0 Å². The van der Waals surface area contributed by atoms with Gasteiger partial charge >= 0.3 is 0 Å². The summed E-state index contributed by atoms with van der Waals surface area (Å²) in [5.41, 5.74) is 0.540. The Morgan fingerprint density at radius 3 is 2.75 bits per heavy atom. The van der Waals surface area contributed by atoms with Crippen LogP contribution in [-0.4, -0.2) is 37.7 Å². The number of nitrogens with one attached hydrogen (secondary N) is 1. The van der Waals surface area contributed by atoms with Gasteiger partial charge in [-0.05, 0) is 12.1 Å². The molecule has 1 fully saturated rings. The van der Waals surface area contributed by atoms with Gasteiger partial charge in [-0.15, -0.1) is 5.10 Å². The number of hydrogen-bond donors (Lipinski definition) is 1. The highest BCUT2D eigenvalue weighted by atomic mass is 35.5. The van der Waals surface area contributed by atoms with Gasteiger partial charge in [-0.25, -0.2) is 8.42 Å². The molecule has 0 unspecified atom stereocenters. The van der Waals surface area contributed by atoms with Crippen LogP contribution in [0.5, 0.6) is 0 Å². The molecule has 106 valence electrons. The molecular weight excluding hydrogens is 322 g/mol. The lowest BCUT2D eigenvalue weighted by Crippen LogP contribution is -2.19. The van der Waals surface area contributed by atoms with Gasteiger partial charge in [-0.2, -0.15) is 5.10 Å². The number of carbonyl (C=O) groups excluding carboxylic acids is 1. The first-order chi connectivity index (χ1) is 9.36. The van der Waals surface area contributed by atoms with E-state index in [2.05, 4.69) is 15.5 Å². The third-order valence-electron chi connectivity index (χ3n) is 2.33. The molecule has 1 heterocycles. The normalized spacial score (nSPS) is 17.9. The van der Waals surface area contributed by atoms with Crippen LogP contribution in [0.3, 0.4) is 0 Å². The number of carbonyl (C=O) groups is 1. The van der Waals surface area contributed by atoms with Crippen LogP contribution in [0.4, 0.5) is 0 Å². The van der Waals surface area contributed by atoms with Crippen molar-refractivity contribution in [3.05, 3.63) is 28.8 Å². The first-order valence-corrected chi connectivity index (χ1v) is 8.65. The second-order valence-electron chi connectivity index (χ2n) is 3.94. The number of benzene rings is 1. The molecule has 0 saturated carbocycles. The van der Waals surface area contributed by atoms with Gasteiger partial charge in [0, 0.05) is 11.8 Å². The smallest absolute Gasteiger partial charge is 0.236 e. The Balaban J connectivity index is 2.16. The summed E-state index contributed by atoms with van der Waals surface area (Å²) in [4.78, 5) is 11.1. The molecule has 1 N–H and O–H groups in total. The van der Waals surface area contributed by atoms with Crippen molar-refractivity contribution in [2.45, 2.75) is 4.90 Å². The second kappa shape index (κ2) is 5.94. The highest BCUT2D eigenvalue weighted by molar-refractivity contribution is 8.15. The van der Waals surface area contributed by atoms with Crippen LogP contribution in [0.2, 0.25) is 5.02 Å². The molecule has 2 rings (SSSR count). The maximum absolute atomic E-state index is 11.4. The molecule has 1 amide bonds. The molecule has 1 aromatic carbocycles. The molecule has 0 aromatic heterocycles. The Morgan fingerprint density at radius 1 is 1.45 bits per heavy atom. The summed E-state index contributed by atoms with van der Waals surface area (Å²) in [7, 11) is -3.29. The van der Waals surface area contributed by atoms with Crippen molar-refractivity contribution in [3.63, 3.8) is 0 Å². The van der Waals surface area contributed by atoms with E-state index in [1.807, 2.05) is 0 Å². The molecule has 1 saturated heterocycles. The Morgan fingerprint density at radius 2 is 2.20 bits per heavy atom. The third-order valence-corrected chi connectivity index (χ3v) is 4.63. The Hall–Kier alpha value is -1.38. The number of thioether (sulfide) groups is 1. The van der Waals surface area contributed by atoms with Crippen molar-refractivity contribution in [2.75, 3.05) is 12.0 Å². The first-order valence-electron chi connectivity index (χ1n) is 5.39. The van der Waals surface area contributed by atoms with Crippen LogP contribution in [-0.2, 0) is 14.6 Å². The van der Waals surface area contributed by atoms with E-state index < -0.39 is 9.84 Å². The fourth-order valence-corrected chi connectivity index (χ4v) is 2.94. The van der Waals surface area contributed by atoms with Crippen LogP contribution < -0.4 is 5.32 Å². The fourth-order valence-electron chi connectivity index (χ4n) is 1.37. The van der Waals surface area contributed by atoms with Crippen LogP contribution in [0.15, 0.2) is 33.3 Å². The number of amidine groups is 1.